The van der Waals surface area contributed by atoms with Crippen molar-refractivity contribution < 1.29 is 28.9 Å². The van der Waals surface area contributed by atoms with Crippen LogP contribution in [-0.4, -0.2) is 68.3 Å². The first-order valence-electron chi connectivity index (χ1n) is 10.9. The fourth-order valence-corrected chi connectivity index (χ4v) is 2.57. The highest BCUT2D eigenvalue weighted by atomic mass is 16.7. The zero-order valence-corrected chi connectivity index (χ0v) is 20.0. The molecule has 0 rings (SSSR count). The molecule has 0 aliphatic heterocycles. The summed E-state index contributed by atoms with van der Waals surface area (Å²) in [7, 11) is 1.90. The molecule has 2 atom stereocenters. The number of ether oxygens (including phenoxy) is 3. The first-order valence-corrected chi connectivity index (χ1v) is 10.9. The maximum Gasteiger partial charge on any atom is 0.305 e. The molecule has 30 heavy (non-hydrogen) atoms. The van der Waals surface area contributed by atoms with Crippen LogP contribution in [0.15, 0.2) is 0 Å². The first-order chi connectivity index (χ1) is 13.9. The first kappa shape index (κ1) is 28.8. The van der Waals surface area contributed by atoms with Gasteiger partial charge in [0.1, 0.15) is 6.61 Å². The number of nitrogens with one attached hydrogen (secondary N) is 2. The van der Waals surface area contributed by atoms with Gasteiger partial charge < -0.3 is 30.0 Å². The number of unbranched alkanes of at least 4 members (excludes halogenated alkanes) is 1. The van der Waals surface area contributed by atoms with Crippen molar-refractivity contribution in [2.75, 3.05) is 33.4 Å². The molecule has 0 spiro atoms. The molecule has 0 aromatic heterocycles. The summed E-state index contributed by atoms with van der Waals surface area (Å²) < 4.78 is 17.0. The molecule has 0 heterocycles. The second-order valence-electron chi connectivity index (χ2n) is 9.53. The van der Waals surface area contributed by atoms with Crippen molar-refractivity contribution in [3.8, 4) is 0 Å². The van der Waals surface area contributed by atoms with Gasteiger partial charge in [-0.2, -0.15) is 0 Å². The number of aliphatic hydroxyl groups is 1. The van der Waals surface area contributed by atoms with Gasteiger partial charge in [0.25, 0.3) is 0 Å². The third-order valence-electron chi connectivity index (χ3n) is 4.27. The van der Waals surface area contributed by atoms with E-state index in [1.807, 2.05) is 48.6 Å². The summed E-state index contributed by atoms with van der Waals surface area (Å²) in [6.07, 6.45) is 1.55. The monoisotopic (exact) mass is 432 g/mol. The Morgan fingerprint density at radius 1 is 0.967 bits per heavy atom. The van der Waals surface area contributed by atoms with Crippen LogP contribution in [0.1, 0.15) is 73.6 Å². The lowest BCUT2D eigenvalue weighted by molar-refractivity contribution is -0.251. The Balaban J connectivity index is 4.33. The van der Waals surface area contributed by atoms with Crippen molar-refractivity contribution in [3.63, 3.8) is 0 Å². The smallest absolute Gasteiger partial charge is 0.305 e. The molecule has 0 saturated heterocycles. The Hall–Kier alpha value is -1.22. The van der Waals surface area contributed by atoms with Crippen LogP contribution in [0.25, 0.3) is 0 Å². The molecule has 0 aromatic rings. The molecule has 8 nitrogen and oxygen atoms in total. The fraction of sp³-hybridized carbons (Fsp3) is 0.909. The maximum atomic E-state index is 12.1. The summed E-state index contributed by atoms with van der Waals surface area (Å²) >= 11 is 0. The molecule has 178 valence electrons. The van der Waals surface area contributed by atoms with Crippen molar-refractivity contribution in [3.05, 3.63) is 0 Å². The summed E-state index contributed by atoms with van der Waals surface area (Å²) in [5.74, 6) is -0.459. The van der Waals surface area contributed by atoms with Crippen LogP contribution in [-0.2, 0) is 23.8 Å². The Bertz CT molecular complexity index is 485. The molecule has 0 aliphatic rings. The zero-order valence-electron chi connectivity index (χ0n) is 20.0. The molecule has 0 saturated carbocycles. The van der Waals surface area contributed by atoms with Crippen LogP contribution < -0.4 is 10.6 Å². The van der Waals surface area contributed by atoms with Gasteiger partial charge in [-0.25, -0.2) is 0 Å². The highest BCUT2D eigenvalue weighted by Gasteiger charge is 2.30. The molecular formula is C22H44N2O6. The van der Waals surface area contributed by atoms with Gasteiger partial charge in [-0.1, -0.05) is 20.8 Å². The number of aliphatic hydroxyl groups excluding tert-OH is 1. The van der Waals surface area contributed by atoms with E-state index in [4.69, 9.17) is 14.2 Å². The summed E-state index contributed by atoms with van der Waals surface area (Å²) in [6.45, 7) is 12.9. The lowest BCUT2D eigenvalue weighted by Crippen LogP contribution is -2.42. The Morgan fingerprint density at radius 3 is 2.13 bits per heavy atom. The molecule has 8 heteroatoms. The summed E-state index contributed by atoms with van der Waals surface area (Å²) in [5.41, 5.74) is -0.793. The summed E-state index contributed by atoms with van der Waals surface area (Å²) in [6, 6.07) is 0. The van der Waals surface area contributed by atoms with Gasteiger partial charge in [0, 0.05) is 19.4 Å². The number of esters is 1. The van der Waals surface area contributed by atoms with Crippen LogP contribution >= 0.6 is 0 Å². The topological polar surface area (TPSA) is 106 Å². The van der Waals surface area contributed by atoms with Crippen molar-refractivity contribution in [2.24, 2.45) is 5.41 Å². The van der Waals surface area contributed by atoms with Crippen LogP contribution in [0.5, 0.6) is 0 Å². The molecule has 2 unspecified atom stereocenters. The van der Waals surface area contributed by atoms with Gasteiger partial charge in [-0.3, -0.25) is 9.59 Å². The lowest BCUT2D eigenvalue weighted by atomic mass is 9.89. The van der Waals surface area contributed by atoms with E-state index in [9.17, 15) is 14.7 Å². The SMILES string of the molecule is CNCCCCNC(=O)CCCC(=O)OCC(OC(CO)C(C)(C)C)OC(C)(C)C. The van der Waals surface area contributed by atoms with E-state index in [0.29, 0.717) is 13.0 Å². The van der Waals surface area contributed by atoms with E-state index in [1.54, 1.807) is 0 Å². The van der Waals surface area contributed by atoms with Gasteiger partial charge in [-0.15, -0.1) is 0 Å². The average Bonchev–Trinajstić information content (AvgIpc) is 2.61. The van der Waals surface area contributed by atoms with Gasteiger partial charge in [0.15, 0.2) is 6.29 Å². The maximum absolute atomic E-state index is 12.1. The number of carbonyl (C=O) groups is 2. The number of rotatable bonds is 15. The predicted molar refractivity (Wildman–Crippen MR) is 117 cm³/mol. The van der Waals surface area contributed by atoms with Crippen molar-refractivity contribution in [2.45, 2.75) is 91.6 Å². The Morgan fingerprint density at radius 2 is 1.60 bits per heavy atom. The highest BCUT2D eigenvalue weighted by molar-refractivity contribution is 5.76. The molecular weight excluding hydrogens is 388 g/mol. The van der Waals surface area contributed by atoms with Gasteiger partial charge >= 0.3 is 5.97 Å². The minimum absolute atomic E-state index is 0.0551. The van der Waals surface area contributed by atoms with Crippen molar-refractivity contribution >= 4 is 11.9 Å². The third-order valence-corrected chi connectivity index (χ3v) is 4.27. The number of hydrogen-bond acceptors (Lipinski definition) is 7. The minimum atomic E-state index is -0.786. The second-order valence-corrected chi connectivity index (χ2v) is 9.53. The number of amides is 1. The number of carbonyl (C=O) groups excluding carboxylic acids is 2. The standard InChI is InChI=1S/C22H44N2O6/c1-21(2,3)17(15-25)29-20(30-22(4,5)6)16-28-19(27)12-10-11-18(26)24-14-9-8-13-23-7/h17,20,23,25H,8-16H2,1-7H3,(H,24,26). The molecule has 0 fully saturated rings. The molecule has 0 aromatic carbocycles. The largest absolute Gasteiger partial charge is 0.460 e. The van der Waals surface area contributed by atoms with Crippen LogP contribution in [0.4, 0.5) is 0 Å². The van der Waals surface area contributed by atoms with E-state index in [-0.39, 0.29) is 37.4 Å². The van der Waals surface area contributed by atoms with E-state index in [2.05, 4.69) is 10.6 Å². The van der Waals surface area contributed by atoms with E-state index in [0.717, 1.165) is 19.4 Å². The highest BCUT2D eigenvalue weighted by Crippen LogP contribution is 2.25. The fourth-order valence-electron chi connectivity index (χ4n) is 2.57. The van der Waals surface area contributed by atoms with E-state index >= 15 is 0 Å². The normalized spacial score (nSPS) is 14.3. The van der Waals surface area contributed by atoms with E-state index in [1.165, 1.54) is 0 Å². The third kappa shape index (κ3) is 15.6. The summed E-state index contributed by atoms with van der Waals surface area (Å²) in [5, 5.41) is 15.5. The second kappa shape index (κ2) is 14.7. The van der Waals surface area contributed by atoms with Crippen LogP contribution in [0.2, 0.25) is 0 Å². The van der Waals surface area contributed by atoms with Crippen LogP contribution in [0.3, 0.4) is 0 Å². The van der Waals surface area contributed by atoms with Crippen molar-refractivity contribution in [1.29, 1.82) is 0 Å². The van der Waals surface area contributed by atoms with Gasteiger partial charge in [0.05, 0.1) is 18.3 Å². The molecule has 3 N–H and O–H groups in total. The minimum Gasteiger partial charge on any atom is -0.460 e. The molecule has 0 aliphatic carbocycles. The molecule has 1 amide bonds. The quantitative estimate of drug-likeness (QED) is 0.207. The molecule has 0 radical (unpaired) electrons. The zero-order chi connectivity index (χ0) is 23.2. The van der Waals surface area contributed by atoms with Gasteiger partial charge in [-0.05, 0) is 59.0 Å². The number of hydrogen-bond donors (Lipinski definition) is 3. The molecule has 0 bridgehead atoms. The predicted octanol–water partition coefficient (Wildman–Crippen LogP) is 2.38. The Labute approximate surface area is 182 Å². The van der Waals surface area contributed by atoms with Crippen LogP contribution in [0, 0.1) is 5.41 Å². The van der Waals surface area contributed by atoms with Gasteiger partial charge in [0.2, 0.25) is 5.91 Å². The average molecular weight is 433 g/mol. The summed E-state index contributed by atoms with van der Waals surface area (Å²) in [4.78, 5) is 23.8. The van der Waals surface area contributed by atoms with Crippen molar-refractivity contribution in [1.82, 2.24) is 10.6 Å². The Kier molecular flexibility index (Phi) is 14.1. The lowest BCUT2D eigenvalue weighted by Gasteiger charge is -2.35. The van der Waals surface area contributed by atoms with E-state index < -0.39 is 24.0 Å².